The molecule has 0 aliphatic rings. The lowest BCUT2D eigenvalue weighted by molar-refractivity contribution is -0.167. The highest BCUT2D eigenvalue weighted by Crippen LogP contribution is 2.19. The Labute approximate surface area is 488 Å². The Hall–Kier alpha value is -1.85. The van der Waals surface area contributed by atoms with Crippen LogP contribution < -0.4 is 0 Å². The molecule has 0 heterocycles. The number of allylic oxidation sites excluding steroid dienone is 2. The smallest absolute Gasteiger partial charge is 0.306 e. The summed E-state index contributed by atoms with van der Waals surface area (Å²) in [7, 11) is 0. The van der Waals surface area contributed by atoms with Crippen molar-refractivity contribution >= 4 is 17.9 Å². The van der Waals surface area contributed by atoms with Gasteiger partial charge in [-0.1, -0.05) is 367 Å². The van der Waals surface area contributed by atoms with Crippen LogP contribution >= 0.6 is 0 Å². The lowest BCUT2D eigenvalue weighted by Gasteiger charge is -2.18. The van der Waals surface area contributed by atoms with Gasteiger partial charge in [-0.15, -0.1) is 0 Å². The summed E-state index contributed by atoms with van der Waals surface area (Å²) in [5.74, 6) is -0.844. The molecule has 1 unspecified atom stereocenters. The quantitative estimate of drug-likeness (QED) is 0.0261. The predicted octanol–water partition coefficient (Wildman–Crippen LogP) is 24.4. The van der Waals surface area contributed by atoms with Crippen molar-refractivity contribution in [2.75, 3.05) is 13.2 Å². The number of carbonyl (C=O) groups excluding carboxylic acids is 3. The fraction of sp³-hybridized carbons (Fsp3) is 0.931. The maximum atomic E-state index is 12.9. The topological polar surface area (TPSA) is 78.9 Å². The first-order valence-corrected chi connectivity index (χ1v) is 35.7. The normalized spacial score (nSPS) is 12.0. The van der Waals surface area contributed by atoms with Crippen molar-refractivity contribution in [3.8, 4) is 0 Å². The molecule has 0 spiro atoms. The van der Waals surface area contributed by atoms with Gasteiger partial charge in [0.25, 0.3) is 0 Å². The first-order chi connectivity index (χ1) is 38.5. The standard InChI is InChI=1S/C72H138O6/c1-4-7-10-13-16-19-22-24-26-28-30-32-34-36-38-40-42-44-46-48-50-53-56-59-62-65-71(74)77-68-69(67-76-70(73)64-61-58-55-52-21-18-15-12-9-6-3)78-72(75)66-63-60-57-54-51-49-47-45-43-41-39-37-35-33-31-29-27-25-23-20-17-14-11-8-5-2/h12,15,69H,4-11,13-14,16-68H2,1-3H3/b15-12-. The Morgan fingerprint density at radius 3 is 0.692 bits per heavy atom. The Morgan fingerprint density at radius 1 is 0.244 bits per heavy atom. The van der Waals surface area contributed by atoms with Crippen molar-refractivity contribution in [2.24, 2.45) is 0 Å². The van der Waals surface area contributed by atoms with Gasteiger partial charge in [0, 0.05) is 19.3 Å². The van der Waals surface area contributed by atoms with E-state index in [1.807, 2.05) is 0 Å². The highest BCUT2D eigenvalue weighted by Gasteiger charge is 2.19. The third-order valence-electron chi connectivity index (χ3n) is 16.5. The van der Waals surface area contributed by atoms with E-state index in [1.54, 1.807) is 0 Å². The molecule has 1 atom stereocenters. The number of rotatable bonds is 67. The summed E-state index contributed by atoms with van der Waals surface area (Å²) in [6, 6.07) is 0. The summed E-state index contributed by atoms with van der Waals surface area (Å²) in [6.07, 6.45) is 81.2. The van der Waals surface area contributed by atoms with Crippen LogP contribution in [0.2, 0.25) is 0 Å². The van der Waals surface area contributed by atoms with Crippen molar-refractivity contribution in [1.82, 2.24) is 0 Å². The van der Waals surface area contributed by atoms with E-state index in [0.29, 0.717) is 19.3 Å². The molecule has 0 saturated heterocycles. The molecule has 0 aliphatic carbocycles. The maximum absolute atomic E-state index is 12.9. The molecule has 0 aliphatic heterocycles. The van der Waals surface area contributed by atoms with Crippen LogP contribution in [-0.2, 0) is 28.6 Å². The van der Waals surface area contributed by atoms with Crippen LogP contribution in [0.5, 0.6) is 0 Å². The molecule has 78 heavy (non-hydrogen) atoms. The number of unbranched alkanes of at least 4 members (excludes halogenated alkanes) is 54. The lowest BCUT2D eigenvalue weighted by Crippen LogP contribution is -2.30. The predicted molar refractivity (Wildman–Crippen MR) is 340 cm³/mol. The van der Waals surface area contributed by atoms with Gasteiger partial charge in [0.2, 0.25) is 0 Å². The highest BCUT2D eigenvalue weighted by molar-refractivity contribution is 5.71. The van der Waals surface area contributed by atoms with Gasteiger partial charge < -0.3 is 14.2 Å². The largest absolute Gasteiger partial charge is 0.462 e. The van der Waals surface area contributed by atoms with E-state index in [-0.39, 0.29) is 31.1 Å². The molecule has 0 amide bonds. The molecule has 0 fully saturated rings. The molecular weight excluding hydrogens is 961 g/mol. The molecule has 0 bridgehead atoms. The van der Waals surface area contributed by atoms with Crippen LogP contribution in [0.1, 0.15) is 412 Å². The SMILES string of the molecule is CCC/C=C\CCCCCCCC(=O)OCC(COC(=O)CCCCCCCCCCCCCCCCCCCCCCCCCCC)OC(=O)CCCCCCCCCCCCCCCCCCCCCCCCCCC. The summed E-state index contributed by atoms with van der Waals surface area (Å²) < 4.78 is 17.0. The molecule has 6 nitrogen and oxygen atoms in total. The van der Waals surface area contributed by atoms with Gasteiger partial charge in [0.1, 0.15) is 13.2 Å². The van der Waals surface area contributed by atoms with Crippen molar-refractivity contribution in [1.29, 1.82) is 0 Å². The van der Waals surface area contributed by atoms with Gasteiger partial charge in [0.05, 0.1) is 0 Å². The number of hydrogen-bond donors (Lipinski definition) is 0. The minimum Gasteiger partial charge on any atom is -0.462 e. The molecule has 6 heteroatoms. The van der Waals surface area contributed by atoms with Crippen LogP contribution in [0.25, 0.3) is 0 Å². The summed E-state index contributed by atoms with van der Waals surface area (Å²) in [6.45, 7) is 6.66. The van der Waals surface area contributed by atoms with Gasteiger partial charge in [-0.3, -0.25) is 14.4 Å². The lowest BCUT2D eigenvalue weighted by atomic mass is 10.0. The Morgan fingerprint density at radius 2 is 0.449 bits per heavy atom. The van der Waals surface area contributed by atoms with Crippen molar-refractivity contribution in [2.45, 2.75) is 419 Å². The maximum Gasteiger partial charge on any atom is 0.306 e. The van der Waals surface area contributed by atoms with Gasteiger partial charge in [-0.05, 0) is 38.5 Å². The summed E-state index contributed by atoms with van der Waals surface area (Å²) in [4.78, 5) is 38.3. The Balaban J connectivity index is 4.11. The van der Waals surface area contributed by atoms with E-state index in [9.17, 15) is 14.4 Å². The molecule has 0 saturated carbocycles. The van der Waals surface area contributed by atoms with Crippen LogP contribution in [0.4, 0.5) is 0 Å². The van der Waals surface area contributed by atoms with Gasteiger partial charge in [-0.25, -0.2) is 0 Å². The first kappa shape index (κ1) is 76.1. The zero-order valence-corrected chi connectivity index (χ0v) is 53.2. The van der Waals surface area contributed by atoms with Gasteiger partial charge >= 0.3 is 17.9 Å². The first-order valence-electron chi connectivity index (χ1n) is 35.7. The fourth-order valence-electron chi connectivity index (χ4n) is 11.2. The Bertz CT molecular complexity index is 1210. The number of carbonyl (C=O) groups is 3. The average molecular weight is 1100 g/mol. The molecular formula is C72H138O6. The number of ether oxygens (including phenoxy) is 3. The second-order valence-corrected chi connectivity index (χ2v) is 24.5. The number of hydrogen-bond acceptors (Lipinski definition) is 6. The van der Waals surface area contributed by atoms with Crippen LogP contribution in [-0.4, -0.2) is 37.2 Å². The van der Waals surface area contributed by atoms with Crippen molar-refractivity contribution in [3.05, 3.63) is 12.2 Å². The van der Waals surface area contributed by atoms with E-state index in [4.69, 9.17) is 14.2 Å². The van der Waals surface area contributed by atoms with Crippen molar-refractivity contribution in [3.63, 3.8) is 0 Å². The summed E-state index contributed by atoms with van der Waals surface area (Å²) in [5, 5.41) is 0. The minimum atomic E-state index is -0.769. The monoisotopic (exact) mass is 1100 g/mol. The zero-order valence-electron chi connectivity index (χ0n) is 53.2. The van der Waals surface area contributed by atoms with E-state index in [2.05, 4.69) is 32.9 Å². The third kappa shape index (κ3) is 65.0. The molecule has 0 aromatic carbocycles. The molecule has 462 valence electrons. The van der Waals surface area contributed by atoms with E-state index in [0.717, 1.165) is 70.6 Å². The van der Waals surface area contributed by atoms with E-state index >= 15 is 0 Å². The number of esters is 3. The Kier molecular flexibility index (Phi) is 66.0. The molecule has 0 rings (SSSR count). The molecule has 0 N–H and O–H groups in total. The van der Waals surface area contributed by atoms with E-state index < -0.39 is 6.10 Å². The highest BCUT2D eigenvalue weighted by atomic mass is 16.6. The zero-order chi connectivity index (χ0) is 56.4. The van der Waals surface area contributed by atoms with Crippen molar-refractivity contribution < 1.29 is 28.6 Å². The second-order valence-electron chi connectivity index (χ2n) is 24.5. The fourth-order valence-corrected chi connectivity index (χ4v) is 11.2. The molecule has 0 radical (unpaired) electrons. The van der Waals surface area contributed by atoms with Crippen LogP contribution in [0, 0.1) is 0 Å². The average Bonchev–Trinajstić information content (AvgIpc) is 3.44. The van der Waals surface area contributed by atoms with Crippen LogP contribution in [0.3, 0.4) is 0 Å². The van der Waals surface area contributed by atoms with Gasteiger partial charge in [-0.2, -0.15) is 0 Å². The second kappa shape index (κ2) is 67.7. The van der Waals surface area contributed by atoms with Gasteiger partial charge in [0.15, 0.2) is 6.10 Å². The molecule has 0 aromatic heterocycles. The summed E-state index contributed by atoms with van der Waals surface area (Å²) in [5.41, 5.74) is 0. The summed E-state index contributed by atoms with van der Waals surface area (Å²) >= 11 is 0. The van der Waals surface area contributed by atoms with E-state index in [1.165, 1.54) is 302 Å². The minimum absolute atomic E-state index is 0.0660. The van der Waals surface area contributed by atoms with Crippen LogP contribution in [0.15, 0.2) is 12.2 Å². The third-order valence-corrected chi connectivity index (χ3v) is 16.5. The molecule has 0 aromatic rings.